The zero-order chi connectivity index (χ0) is 21.5. The van der Waals surface area contributed by atoms with E-state index in [0.717, 1.165) is 52.1 Å². The second-order valence-electron chi connectivity index (χ2n) is 7.77. The van der Waals surface area contributed by atoms with E-state index in [9.17, 15) is 4.79 Å². The van der Waals surface area contributed by atoms with E-state index in [1.54, 1.807) is 4.90 Å². The van der Waals surface area contributed by atoms with Gasteiger partial charge in [-0.1, -0.05) is 26.0 Å². The van der Waals surface area contributed by atoms with Crippen LogP contribution in [-0.2, 0) is 12.8 Å². The smallest absolute Gasteiger partial charge is 0.259 e. The number of benzene rings is 2. The Kier molecular flexibility index (Phi) is 4.73. The van der Waals surface area contributed by atoms with Crippen LogP contribution in [0.15, 0.2) is 42.5 Å². The van der Waals surface area contributed by atoms with E-state index in [2.05, 4.69) is 13.8 Å². The van der Waals surface area contributed by atoms with Gasteiger partial charge in [-0.25, -0.2) is 19.9 Å². The molecule has 0 saturated heterocycles. The van der Waals surface area contributed by atoms with Crippen molar-refractivity contribution in [2.24, 2.45) is 0 Å². The summed E-state index contributed by atoms with van der Waals surface area (Å²) in [6, 6.07) is 13.3. The zero-order valence-corrected chi connectivity index (χ0v) is 18.0. The summed E-state index contributed by atoms with van der Waals surface area (Å²) in [7, 11) is 1.98. The van der Waals surface area contributed by atoms with Crippen molar-refractivity contribution < 1.29 is 4.79 Å². The summed E-state index contributed by atoms with van der Waals surface area (Å²) in [5.41, 5.74) is 5.75. The van der Waals surface area contributed by atoms with Crippen LogP contribution in [0.3, 0.4) is 0 Å². The van der Waals surface area contributed by atoms with Crippen LogP contribution in [0.25, 0.3) is 22.1 Å². The number of anilines is 2. The molecule has 0 radical (unpaired) electrons. The largest absolute Gasteiger partial charge is 0.355 e. The van der Waals surface area contributed by atoms with Crippen LogP contribution in [0.5, 0.6) is 0 Å². The van der Waals surface area contributed by atoms with Crippen molar-refractivity contribution >= 4 is 39.6 Å². The van der Waals surface area contributed by atoms with Gasteiger partial charge >= 0.3 is 0 Å². The van der Waals surface area contributed by atoms with Gasteiger partial charge in [0, 0.05) is 25.7 Å². The zero-order valence-electron chi connectivity index (χ0n) is 18.0. The number of fused-ring (bicyclic) bond motifs is 3. The third-order valence-corrected chi connectivity index (χ3v) is 5.79. The molecule has 1 aliphatic rings. The van der Waals surface area contributed by atoms with Gasteiger partial charge < -0.3 is 4.90 Å². The predicted molar refractivity (Wildman–Crippen MR) is 123 cm³/mol. The molecule has 0 N–H and O–H groups in total. The maximum Gasteiger partial charge on any atom is 0.259 e. The van der Waals surface area contributed by atoms with E-state index in [4.69, 9.17) is 19.9 Å². The molecule has 2 aromatic heterocycles. The number of rotatable bonds is 3. The van der Waals surface area contributed by atoms with Gasteiger partial charge in [-0.05, 0) is 43.2 Å². The highest BCUT2D eigenvalue weighted by Gasteiger charge is 2.29. The molecule has 0 aliphatic carbocycles. The fraction of sp³-hybridized carbons (Fsp3) is 0.292. The summed E-state index contributed by atoms with van der Waals surface area (Å²) < 4.78 is 0. The monoisotopic (exact) mass is 412 g/mol. The number of aromatic nitrogens is 4. The highest BCUT2D eigenvalue weighted by molar-refractivity contribution is 6.09. The maximum absolute atomic E-state index is 13.5. The van der Waals surface area contributed by atoms with Crippen LogP contribution < -0.4 is 9.80 Å². The second-order valence-corrected chi connectivity index (χ2v) is 7.77. The molecule has 2 aromatic carbocycles. The molecule has 7 nitrogen and oxygen atoms in total. The van der Waals surface area contributed by atoms with Crippen LogP contribution in [-0.4, -0.2) is 46.0 Å². The third-order valence-electron chi connectivity index (χ3n) is 5.79. The number of hydrogen-bond acceptors (Lipinski definition) is 6. The molecule has 1 amide bonds. The normalized spacial score (nSPS) is 13.6. The molecule has 31 heavy (non-hydrogen) atoms. The number of amides is 1. The first-order chi connectivity index (χ1) is 15.1. The highest BCUT2D eigenvalue weighted by atomic mass is 16.2. The van der Waals surface area contributed by atoms with Gasteiger partial charge in [0.05, 0.1) is 33.5 Å². The van der Waals surface area contributed by atoms with Crippen LogP contribution >= 0.6 is 0 Å². The average Bonchev–Trinajstić information content (AvgIpc) is 2.81. The van der Waals surface area contributed by atoms with E-state index in [1.807, 2.05) is 54.4 Å². The fourth-order valence-corrected chi connectivity index (χ4v) is 4.06. The van der Waals surface area contributed by atoms with Crippen molar-refractivity contribution in [2.75, 3.05) is 29.9 Å². The fourth-order valence-electron chi connectivity index (χ4n) is 4.06. The molecule has 0 spiro atoms. The van der Waals surface area contributed by atoms with E-state index in [-0.39, 0.29) is 5.91 Å². The first-order valence-electron chi connectivity index (χ1n) is 10.7. The highest BCUT2D eigenvalue weighted by Crippen LogP contribution is 2.31. The lowest BCUT2D eigenvalue weighted by molar-refractivity contribution is 0.0986. The minimum absolute atomic E-state index is 0.0970. The van der Waals surface area contributed by atoms with Crippen LogP contribution in [0.1, 0.15) is 35.6 Å². The Morgan fingerprint density at radius 3 is 2.10 bits per heavy atom. The summed E-state index contributed by atoms with van der Waals surface area (Å²) in [5.74, 6) is 1.22. The van der Waals surface area contributed by atoms with E-state index < -0.39 is 0 Å². The summed E-state index contributed by atoms with van der Waals surface area (Å²) in [6.45, 7) is 5.41. The summed E-state index contributed by atoms with van der Waals surface area (Å²) in [4.78, 5) is 36.4. The van der Waals surface area contributed by atoms with Gasteiger partial charge in [0.2, 0.25) is 0 Å². The van der Waals surface area contributed by atoms with Crippen molar-refractivity contribution in [3.8, 4) is 0 Å². The number of aryl methyl sites for hydroxylation is 2. The van der Waals surface area contributed by atoms with Gasteiger partial charge in [-0.3, -0.25) is 9.69 Å². The van der Waals surface area contributed by atoms with E-state index in [1.165, 1.54) is 0 Å². The Bertz CT molecular complexity index is 1320. The molecular formula is C24H24N6O. The Labute approximate surface area is 180 Å². The van der Waals surface area contributed by atoms with Gasteiger partial charge in [0.1, 0.15) is 0 Å². The molecule has 156 valence electrons. The van der Waals surface area contributed by atoms with Crippen molar-refractivity contribution in [1.29, 1.82) is 0 Å². The van der Waals surface area contributed by atoms with Crippen LogP contribution in [0.4, 0.5) is 11.6 Å². The minimum atomic E-state index is -0.0970. The first-order valence-corrected chi connectivity index (χ1v) is 10.7. The molecule has 0 atom stereocenters. The molecule has 0 bridgehead atoms. The van der Waals surface area contributed by atoms with Crippen molar-refractivity contribution in [1.82, 2.24) is 19.9 Å². The van der Waals surface area contributed by atoms with Gasteiger partial charge in [0.15, 0.2) is 11.6 Å². The maximum atomic E-state index is 13.5. The molecule has 0 saturated carbocycles. The van der Waals surface area contributed by atoms with Crippen LogP contribution in [0, 0.1) is 0 Å². The van der Waals surface area contributed by atoms with Gasteiger partial charge in [0.25, 0.3) is 5.91 Å². The number of likely N-dealkylation sites (N-methyl/N-ethyl adjacent to an activating group) is 1. The van der Waals surface area contributed by atoms with Crippen molar-refractivity contribution in [2.45, 2.75) is 26.7 Å². The van der Waals surface area contributed by atoms with Crippen molar-refractivity contribution in [3.05, 3.63) is 59.4 Å². The predicted octanol–water partition coefficient (Wildman–Crippen LogP) is 3.79. The number of para-hydroxylation sites is 2. The molecular weight excluding hydrogens is 388 g/mol. The lowest BCUT2D eigenvalue weighted by Crippen LogP contribution is -2.43. The summed E-state index contributed by atoms with van der Waals surface area (Å²) in [5, 5.41) is 0. The number of nitrogens with zero attached hydrogens (tertiary/aromatic N) is 6. The number of hydrogen-bond donors (Lipinski definition) is 0. The van der Waals surface area contributed by atoms with Gasteiger partial charge in [-0.2, -0.15) is 0 Å². The molecule has 4 aromatic rings. The van der Waals surface area contributed by atoms with E-state index >= 15 is 0 Å². The lowest BCUT2D eigenvalue weighted by atomic mass is 10.1. The summed E-state index contributed by atoms with van der Waals surface area (Å²) in [6.07, 6.45) is 1.66. The third kappa shape index (κ3) is 3.26. The minimum Gasteiger partial charge on any atom is -0.355 e. The average molecular weight is 412 g/mol. The Morgan fingerprint density at radius 1 is 0.806 bits per heavy atom. The molecule has 5 rings (SSSR count). The molecule has 7 heteroatoms. The second kappa shape index (κ2) is 7.58. The number of carbonyl (C=O) groups is 1. The Hall–Kier alpha value is -3.61. The first kappa shape index (κ1) is 19.4. The SMILES string of the molecule is CCc1nc2ccc(C(=O)N3CCN(C)c4nc5ccccc5nc43)cc2nc1CC. The van der Waals surface area contributed by atoms with E-state index in [0.29, 0.717) is 24.5 Å². The molecule has 0 unspecified atom stereocenters. The standard InChI is InChI=1S/C24H24N6O/c1-4-16-17(5-2)26-21-14-15(10-11-20(21)25-16)24(31)30-13-12-29(3)22-23(30)28-19-9-7-6-8-18(19)27-22/h6-11,14H,4-5,12-13H2,1-3H3. The van der Waals surface area contributed by atoms with Crippen LogP contribution in [0.2, 0.25) is 0 Å². The molecule has 0 fully saturated rings. The Balaban J connectivity index is 1.58. The Morgan fingerprint density at radius 2 is 1.42 bits per heavy atom. The topological polar surface area (TPSA) is 75.1 Å². The van der Waals surface area contributed by atoms with Gasteiger partial charge in [-0.15, -0.1) is 0 Å². The van der Waals surface area contributed by atoms with Crippen molar-refractivity contribution in [3.63, 3.8) is 0 Å². The number of carbonyl (C=O) groups excluding carboxylic acids is 1. The molecule has 3 heterocycles. The summed E-state index contributed by atoms with van der Waals surface area (Å²) >= 11 is 0. The molecule has 1 aliphatic heterocycles. The lowest BCUT2D eigenvalue weighted by Gasteiger charge is -2.33. The quantitative estimate of drug-likeness (QED) is 0.510.